The van der Waals surface area contributed by atoms with Crippen LogP contribution in [-0.4, -0.2) is 86.5 Å². The van der Waals surface area contributed by atoms with Gasteiger partial charge in [-0.2, -0.15) is 0 Å². The van der Waals surface area contributed by atoms with E-state index in [1.807, 2.05) is 0 Å². The molecule has 2 saturated heterocycles. The largest absolute Gasteiger partial charge is 0.392 e. The number of Topliss-reactive ketones (excluding diaryl/α,β-unsaturated/α-hetero) is 2. The number of nitrogens with zero attached hydrogens (tertiary/aromatic N) is 1. The molecule has 15 rings (SSSR count). The number of benzene rings is 1. The molecule has 11 aliphatic rings. The number of allylic oxidation sites excluding steroid dienone is 1. The fourth-order valence-corrected chi connectivity index (χ4v) is 22.7. The summed E-state index contributed by atoms with van der Waals surface area (Å²) in [6.07, 6.45) is 25.5. The monoisotopic (exact) mass is 1070 g/mol. The van der Waals surface area contributed by atoms with E-state index >= 15 is 9.59 Å². The summed E-state index contributed by atoms with van der Waals surface area (Å²) >= 11 is 0. The van der Waals surface area contributed by atoms with Crippen LogP contribution in [0.15, 0.2) is 54.0 Å². The Balaban J connectivity index is 0.910. The average Bonchev–Trinajstić information content (AvgIpc) is 2.83. The van der Waals surface area contributed by atoms with Crippen molar-refractivity contribution in [3.63, 3.8) is 0 Å². The predicted octanol–water partition coefficient (Wildman–Crippen LogP) is 12.8. The minimum Gasteiger partial charge on any atom is -0.392 e. The first-order valence-corrected chi connectivity index (χ1v) is 32.0. The molecular weight excluding hydrogens is 981 g/mol. The van der Waals surface area contributed by atoms with Crippen molar-refractivity contribution in [2.24, 2.45) is 50.2 Å². The Morgan fingerprint density at radius 1 is 0.848 bits per heavy atom. The Morgan fingerprint density at radius 2 is 1.61 bits per heavy atom. The zero-order valence-corrected chi connectivity index (χ0v) is 48.8. The van der Waals surface area contributed by atoms with Crippen LogP contribution in [0.5, 0.6) is 0 Å². The van der Waals surface area contributed by atoms with Crippen molar-refractivity contribution in [1.29, 1.82) is 0 Å². The zero-order valence-electron chi connectivity index (χ0n) is 48.8. The van der Waals surface area contributed by atoms with Gasteiger partial charge in [0.15, 0.2) is 5.78 Å². The van der Waals surface area contributed by atoms with E-state index in [1.54, 1.807) is 0 Å². The van der Waals surface area contributed by atoms with E-state index < -0.39 is 44.9 Å². The van der Waals surface area contributed by atoms with Crippen molar-refractivity contribution in [2.75, 3.05) is 20.3 Å². The van der Waals surface area contributed by atoms with E-state index in [-0.39, 0.29) is 47.0 Å². The molecule has 5 N–H and O–H groups in total. The summed E-state index contributed by atoms with van der Waals surface area (Å²) in [4.78, 5) is 39.9. The molecule has 15 atom stereocenters. The number of epoxide rings is 1. The van der Waals surface area contributed by atoms with E-state index in [0.29, 0.717) is 49.3 Å². The third-order valence-electron chi connectivity index (χ3n) is 26.4. The lowest BCUT2D eigenvalue weighted by atomic mass is 9.27. The first-order chi connectivity index (χ1) is 37.9. The van der Waals surface area contributed by atoms with Crippen molar-refractivity contribution in [3.05, 3.63) is 93.1 Å². The standard InChI is InChI=1S/C69H92N4O6/c1-63(2)62(79-63)51(75)34-64(3)22-15-43-36-72-57-46(30-39-28-44(40-12-9-8-10-13-40)31-45(29-39)41-19-26-78-27-20-41)37-73(58(43)57)38-49-53-55(64)50(74)35-66(53,5)65(4)23-17-52-67(6,60(65)59(49)76)69-24-16-42(32-69)56-48(18-25-71-56)54(69)61(77)68(52)21-11-14-47(33-68)70-7/h18,25,28-29,31,36-37,40-42,47,49,51-52,54,59-60,62,70-72,75-76H,8-17,19-24,26-27,30,32-35,38H2,1-7H3/t42-,47+,49-,51-,52-,54+,59-,60+,62-,64+,65+,66+,67-,68+,69-/m1/s1. The van der Waals surface area contributed by atoms with Gasteiger partial charge in [-0.3, -0.25) is 9.59 Å². The SMILES string of the molecule is CN[C@H]1CCC[C@@]2(C1)C(=O)[C@@H]1c3cc[nH]c3[C@@H]3CC[C@]1(C3)[C@@]1(C)[C@H]3[C@H](O)[C@@H]4Cn5cc(Cc6cc(C7CCCCC7)cc(C7CCOCC7)c6)c6[nH]cc(c65)CC[C@@](C)(C[C@@H](O)[C@H]5OC5(C)C)C5=C4[C@](C)(CC5=O)[C@@]3(C)CC[C@@H]21. The van der Waals surface area contributed by atoms with Crippen LogP contribution in [0.1, 0.15) is 226 Å². The lowest BCUT2D eigenvalue weighted by Crippen LogP contribution is -2.75. The van der Waals surface area contributed by atoms with Gasteiger partial charge in [-0.1, -0.05) is 71.6 Å². The minimum atomic E-state index is -0.769. The number of nitrogens with one attached hydrogen (secondary N) is 3. The fourth-order valence-electron chi connectivity index (χ4n) is 22.7. The van der Waals surface area contributed by atoms with Crippen LogP contribution in [0, 0.1) is 50.2 Å². The molecule has 6 heterocycles. The molecule has 4 aromatic rings. The van der Waals surface area contributed by atoms with Crippen LogP contribution >= 0.6 is 0 Å². The zero-order chi connectivity index (χ0) is 54.4. The molecule has 79 heavy (non-hydrogen) atoms. The summed E-state index contributed by atoms with van der Waals surface area (Å²) in [7, 11) is 2.10. The van der Waals surface area contributed by atoms with Gasteiger partial charge in [0.25, 0.3) is 0 Å². The van der Waals surface area contributed by atoms with Gasteiger partial charge in [0.2, 0.25) is 0 Å². The van der Waals surface area contributed by atoms with Gasteiger partial charge in [-0.05, 0) is 213 Å². The van der Waals surface area contributed by atoms with Gasteiger partial charge >= 0.3 is 0 Å². The molecule has 8 aliphatic carbocycles. The molecule has 8 fully saturated rings. The number of hydrogen-bond donors (Lipinski definition) is 5. The highest BCUT2D eigenvalue weighted by Crippen LogP contribution is 2.84. The Morgan fingerprint density at radius 3 is 2.35 bits per heavy atom. The molecule has 424 valence electrons. The number of ether oxygens (including phenoxy) is 2. The number of aliphatic hydroxyl groups excluding tert-OH is 2. The first-order valence-electron chi connectivity index (χ1n) is 32.0. The topological polar surface area (TPSA) is 145 Å². The third-order valence-corrected chi connectivity index (χ3v) is 26.4. The maximum atomic E-state index is 16.4. The number of aryl methyl sites for hydroxylation is 1. The maximum Gasteiger partial charge on any atom is 0.160 e. The first kappa shape index (κ1) is 52.0. The molecule has 10 nitrogen and oxygen atoms in total. The number of hydrogen-bond acceptors (Lipinski definition) is 7. The fraction of sp³-hybridized carbons (Fsp3) is 0.710. The lowest BCUT2D eigenvalue weighted by molar-refractivity contribution is -0.271. The van der Waals surface area contributed by atoms with Crippen LogP contribution < -0.4 is 5.32 Å². The van der Waals surface area contributed by atoms with Gasteiger partial charge in [0.1, 0.15) is 11.9 Å². The van der Waals surface area contributed by atoms with E-state index in [1.165, 1.54) is 87.8 Å². The Labute approximate surface area is 469 Å². The Hall–Kier alpha value is -3.80. The lowest BCUT2D eigenvalue weighted by Gasteiger charge is -2.76. The maximum absolute atomic E-state index is 16.4. The second-order valence-corrected chi connectivity index (χ2v) is 30.3. The summed E-state index contributed by atoms with van der Waals surface area (Å²) in [5, 5.41) is 30.7. The van der Waals surface area contributed by atoms with Crippen molar-refractivity contribution < 1.29 is 29.3 Å². The van der Waals surface area contributed by atoms with Crippen molar-refractivity contribution in [1.82, 2.24) is 19.9 Å². The van der Waals surface area contributed by atoms with Gasteiger partial charge in [-0.15, -0.1) is 0 Å². The van der Waals surface area contributed by atoms with Gasteiger partial charge in [0.05, 0.1) is 34.8 Å². The molecule has 10 heteroatoms. The summed E-state index contributed by atoms with van der Waals surface area (Å²) < 4.78 is 14.6. The molecule has 3 aromatic heterocycles. The average molecular weight is 1070 g/mol. The number of carbonyl (C=O) groups excluding carboxylic acids is 2. The smallest absolute Gasteiger partial charge is 0.160 e. The number of aromatic amines is 2. The highest BCUT2D eigenvalue weighted by atomic mass is 16.6. The summed E-state index contributed by atoms with van der Waals surface area (Å²) in [5.74, 6) is 1.59. The molecule has 0 amide bonds. The normalized spacial score (nSPS) is 41.9. The van der Waals surface area contributed by atoms with Crippen LogP contribution in [0.4, 0.5) is 0 Å². The van der Waals surface area contributed by atoms with Gasteiger partial charge in [-0.25, -0.2) is 0 Å². The van der Waals surface area contributed by atoms with Crippen LogP contribution in [-0.2, 0) is 38.4 Å². The van der Waals surface area contributed by atoms with E-state index in [2.05, 4.69) is 111 Å². The molecule has 6 saturated carbocycles. The number of aliphatic hydroxyl groups is 2. The number of ketones is 2. The van der Waals surface area contributed by atoms with Crippen LogP contribution in [0.2, 0.25) is 0 Å². The molecule has 3 aliphatic heterocycles. The van der Waals surface area contributed by atoms with Gasteiger partial charge in [0, 0.05) is 85.2 Å². The second kappa shape index (κ2) is 17.9. The highest BCUT2D eigenvalue weighted by Gasteiger charge is 2.81. The molecule has 2 spiro atoms. The predicted molar refractivity (Wildman–Crippen MR) is 308 cm³/mol. The van der Waals surface area contributed by atoms with Crippen molar-refractivity contribution >= 4 is 22.6 Å². The number of aromatic nitrogens is 3. The number of fused-ring (bicyclic) bond motifs is 9. The van der Waals surface area contributed by atoms with E-state index in [0.717, 1.165) is 102 Å². The Bertz CT molecular complexity index is 3130. The number of H-pyrrole nitrogens is 2. The van der Waals surface area contributed by atoms with Crippen molar-refractivity contribution in [2.45, 2.75) is 237 Å². The van der Waals surface area contributed by atoms with E-state index in [9.17, 15) is 10.2 Å². The van der Waals surface area contributed by atoms with E-state index in [4.69, 9.17) is 9.47 Å². The molecule has 1 aromatic carbocycles. The van der Waals surface area contributed by atoms with Gasteiger partial charge < -0.3 is 39.5 Å². The molecule has 0 unspecified atom stereocenters. The third kappa shape index (κ3) is 7.11. The van der Waals surface area contributed by atoms with Crippen LogP contribution in [0.3, 0.4) is 0 Å². The number of rotatable bonds is 8. The number of carbonyl (C=O) groups is 2. The van der Waals surface area contributed by atoms with Crippen LogP contribution in [0.25, 0.3) is 11.0 Å². The highest BCUT2D eigenvalue weighted by molar-refractivity contribution is 6.02. The molecule has 0 radical (unpaired) electrons. The summed E-state index contributed by atoms with van der Waals surface area (Å²) in [5.41, 5.74) is 10.7. The van der Waals surface area contributed by atoms with Crippen molar-refractivity contribution in [3.8, 4) is 0 Å². The minimum absolute atomic E-state index is 0.121. The summed E-state index contributed by atoms with van der Waals surface area (Å²) in [6, 6.07) is 10.2. The quantitative estimate of drug-likeness (QED) is 0.111. The summed E-state index contributed by atoms with van der Waals surface area (Å²) in [6.45, 7) is 16.3. The Kier molecular flexibility index (Phi) is 11.8. The molecular formula is C69H92N4O6. The second-order valence-electron chi connectivity index (χ2n) is 30.3. The molecule has 2 bridgehead atoms.